The number of ether oxygens (including phenoxy) is 3. The molecule has 2 N–H and O–H groups in total. The minimum Gasteiger partial charge on any atom is -0.507 e. The third-order valence-corrected chi connectivity index (χ3v) is 6.58. The minimum atomic E-state index is -0.344. The number of methoxy groups -OCH3 is 1. The minimum absolute atomic E-state index is 0.107. The summed E-state index contributed by atoms with van der Waals surface area (Å²) in [5.74, 6) is 2.54. The van der Waals surface area contributed by atoms with Gasteiger partial charge in [0.25, 0.3) is 0 Å². The molecule has 0 unspecified atom stereocenters. The van der Waals surface area contributed by atoms with Crippen molar-refractivity contribution < 1.29 is 28.6 Å². The topological polar surface area (TPSA) is 99.4 Å². The lowest BCUT2D eigenvalue weighted by Crippen LogP contribution is -2.15. The number of hydrogen-bond donors (Lipinski definition) is 2. The number of aromatic hydroxyl groups is 1. The van der Waals surface area contributed by atoms with Crippen LogP contribution in [0.1, 0.15) is 51.9 Å². The van der Waals surface area contributed by atoms with Crippen LogP contribution in [0.25, 0.3) is 22.3 Å². The van der Waals surface area contributed by atoms with Crippen molar-refractivity contribution in [1.29, 1.82) is 0 Å². The number of phenols is 1. The second-order valence-corrected chi connectivity index (χ2v) is 9.07. The average molecular weight is 494 g/mol. The Morgan fingerprint density at radius 1 is 1.06 bits per heavy atom. The second-order valence-electron chi connectivity index (χ2n) is 9.07. The highest BCUT2D eigenvalue weighted by molar-refractivity contribution is 5.86. The maximum atomic E-state index is 13.0. The van der Waals surface area contributed by atoms with Gasteiger partial charge in [-0.2, -0.15) is 0 Å². The van der Waals surface area contributed by atoms with Gasteiger partial charge in [0, 0.05) is 30.2 Å². The second kappa shape index (κ2) is 10.5. The fraction of sp³-hybridized carbons (Fsp3) is 0.393. The molecule has 8 nitrogen and oxygen atoms in total. The molecule has 3 aromatic rings. The molecule has 1 fully saturated rings. The van der Waals surface area contributed by atoms with E-state index in [1.165, 1.54) is 12.1 Å². The first-order valence-corrected chi connectivity index (χ1v) is 12.5. The van der Waals surface area contributed by atoms with E-state index in [0.717, 1.165) is 56.4 Å². The lowest BCUT2D eigenvalue weighted by atomic mass is 10.1. The SMILES string of the molecule is CCONC1=C(Oc2cc(O)c3c(=O)cc(-c4ccc(OC)c(OC5CCCC5)c4)oc3c2)CCC1. The lowest BCUT2D eigenvalue weighted by Gasteiger charge is -2.17. The summed E-state index contributed by atoms with van der Waals surface area (Å²) in [6.07, 6.45) is 6.98. The molecule has 190 valence electrons. The zero-order chi connectivity index (χ0) is 25.1. The van der Waals surface area contributed by atoms with Crippen molar-refractivity contribution in [1.82, 2.24) is 5.48 Å². The van der Waals surface area contributed by atoms with Crippen LogP contribution in [0.5, 0.6) is 23.0 Å². The van der Waals surface area contributed by atoms with Crippen LogP contribution < -0.4 is 25.1 Å². The van der Waals surface area contributed by atoms with Gasteiger partial charge in [-0.15, -0.1) is 0 Å². The van der Waals surface area contributed by atoms with Crippen molar-refractivity contribution in [3.63, 3.8) is 0 Å². The van der Waals surface area contributed by atoms with Crippen LogP contribution in [0, 0.1) is 0 Å². The summed E-state index contributed by atoms with van der Waals surface area (Å²) in [6.45, 7) is 2.43. The number of hydrogen-bond acceptors (Lipinski definition) is 8. The molecule has 1 aromatic heterocycles. The first kappa shape index (κ1) is 24.1. The molecule has 5 rings (SSSR count). The van der Waals surface area contributed by atoms with Crippen molar-refractivity contribution in [3.8, 4) is 34.3 Å². The average Bonchev–Trinajstić information content (AvgIpc) is 3.54. The predicted molar refractivity (Wildman–Crippen MR) is 135 cm³/mol. The summed E-state index contributed by atoms with van der Waals surface area (Å²) in [5.41, 5.74) is 4.37. The number of allylic oxidation sites excluding steroid dienone is 2. The van der Waals surface area contributed by atoms with E-state index in [-0.39, 0.29) is 28.3 Å². The van der Waals surface area contributed by atoms with Crippen LogP contribution in [0.2, 0.25) is 0 Å². The van der Waals surface area contributed by atoms with Crippen molar-refractivity contribution in [2.24, 2.45) is 0 Å². The summed E-state index contributed by atoms with van der Waals surface area (Å²) < 4.78 is 23.9. The molecule has 0 amide bonds. The molecule has 0 radical (unpaired) electrons. The number of rotatable bonds is 9. The van der Waals surface area contributed by atoms with Gasteiger partial charge in [0.2, 0.25) is 0 Å². The fourth-order valence-electron chi connectivity index (χ4n) is 4.79. The highest BCUT2D eigenvalue weighted by Gasteiger charge is 2.21. The zero-order valence-corrected chi connectivity index (χ0v) is 20.6. The third-order valence-electron chi connectivity index (χ3n) is 6.58. The van der Waals surface area contributed by atoms with Gasteiger partial charge in [0.1, 0.15) is 34.0 Å². The lowest BCUT2D eigenvalue weighted by molar-refractivity contribution is 0.0696. The van der Waals surface area contributed by atoms with Crippen molar-refractivity contribution in [3.05, 3.63) is 58.1 Å². The summed E-state index contributed by atoms with van der Waals surface area (Å²) in [6, 6.07) is 9.90. The van der Waals surface area contributed by atoms with E-state index >= 15 is 0 Å². The molecule has 0 spiro atoms. The highest BCUT2D eigenvalue weighted by atomic mass is 16.6. The molecule has 8 heteroatoms. The Morgan fingerprint density at radius 3 is 2.67 bits per heavy atom. The standard InChI is InChI=1S/C28H31NO7/c1-3-33-29-20-9-6-10-23(20)35-19-14-21(30)28-22(31)16-25(36-27(28)15-19)17-11-12-24(32-2)26(13-17)34-18-7-4-5-8-18/h11-16,18,29-30H,3-10H2,1-2H3. The molecule has 0 bridgehead atoms. The van der Waals surface area contributed by atoms with E-state index in [1.54, 1.807) is 19.2 Å². The van der Waals surface area contributed by atoms with Crippen molar-refractivity contribution >= 4 is 11.0 Å². The molecular weight excluding hydrogens is 462 g/mol. The summed E-state index contributed by atoms with van der Waals surface area (Å²) in [7, 11) is 1.60. The van der Waals surface area contributed by atoms with Gasteiger partial charge >= 0.3 is 0 Å². The van der Waals surface area contributed by atoms with Crippen LogP contribution in [-0.4, -0.2) is 24.9 Å². The molecule has 0 atom stereocenters. The summed E-state index contributed by atoms with van der Waals surface area (Å²) in [4.78, 5) is 18.3. The quantitative estimate of drug-likeness (QED) is 0.360. The number of fused-ring (bicyclic) bond motifs is 1. The van der Waals surface area contributed by atoms with E-state index < -0.39 is 0 Å². The number of hydroxylamine groups is 1. The van der Waals surface area contributed by atoms with Crippen LogP contribution in [0.15, 0.2) is 57.1 Å². The predicted octanol–water partition coefficient (Wildman–Crippen LogP) is 5.81. The van der Waals surface area contributed by atoms with Crippen molar-refractivity contribution in [2.45, 2.75) is 58.0 Å². The monoisotopic (exact) mass is 493 g/mol. The zero-order valence-electron chi connectivity index (χ0n) is 20.6. The van der Waals surface area contributed by atoms with E-state index in [2.05, 4.69) is 5.48 Å². The Balaban J connectivity index is 1.49. The molecule has 0 aliphatic heterocycles. The Morgan fingerprint density at radius 2 is 1.89 bits per heavy atom. The fourth-order valence-corrected chi connectivity index (χ4v) is 4.79. The van der Waals surface area contributed by atoms with Gasteiger partial charge in [0.05, 0.1) is 25.5 Å². The molecule has 36 heavy (non-hydrogen) atoms. The van der Waals surface area contributed by atoms with Crippen LogP contribution in [-0.2, 0) is 4.84 Å². The van der Waals surface area contributed by atoms with Gasteiger partial charge < -0.3 is 23.7 Å². The number of phenolic OH excluding ortho intramolecular Hbond substituents is 1. The third kappa shape index (κ3) is 4.99. The normalized spacial score (nSPS) is 16.1. The Hall–Kier alpha value is -3.65. The van der Waals surface area contributed by atoms with Crippen LogP contribution in [0.3, 0.4) is 0 Å². The molecule has 2 aliphatic carbocycles. The van der Waals surface area contributed by atoms with Crippen LogP contribution in [0.4, 0.5) is 0 Å². The Kier molecular flexibility index (Phi) is 7.04. The maximum absolute atomic E-state index is 13.0. The van der Waals surface area contributed by atoms with Gasteiger partial charge in [-0.3, -0.25) is 15.1 Å². The highest BCUT2D eigenvalue weighted by Crippen LogP contribution is 2.37. The maximum Gasteiger partial charge on any atom is 0.197 e. The van der Waals surface area contributed by atoms with Crippen molar-refractivity contribution in [2.75, 3.05) is 13.7 Å². The molecule has 1 saturated carbocycles. The largest absolute Gasteiger partial charge is 0.507 e. The first-order chi connectivity index (χ1) is 17.6. The molecule has 2 aromatic carbocycles. The van der Waals surface area contributed by atoms with E-state index in [4.69, 9.17) is 23.5 Å². The van der Waals surface area contributed by atoms with Gasteiger partial charge in [-0.25, -0.2) is 0 Å². The Bertz CT molecular complexity index is 1340. The van der Waals surface area contributed by atoms with E-state index in [9.17, 15) is 9.90 Å². The van der Waals surface area contributed by atoms with E-state index in [1.807, 2.05) is 19.1 Å². The Labute approximate surface area is 209 Å². The van der Waals surface area contributed by atoms with E-state index in [0.29, 0.717) is 35.2 Å². The smallest absolute Gasteiger partial charge is 0.197 e. The molecule has 0 saturated heterocycles. The number of benzene rings is 2. The number of nitrogens with one attached hydrogen (secondary N) is 1. The van der Waals surface area contributed by atoms with Crippen LogP contribution >= 0.6 is 0 Å². The van der Waals surface area contributed by atoms with Gasteiger partial charge in [0.15, 0.2) is 16.9 Å². The van der Waals surface area contributed by atoms with Gasteiger partial charge in [-0.05, 0) is 63.6 Å². The summed E-state index contributed by atoms with van der Waals surface area (Å²) in [5, 5.41) is 10.7. The molecule has 2 aliphatic rings. The molecular formula is C28H31NO7. The molecule has 1 heterocycles. The first-order valence-electron chi connectivity index (χ1n) is 12.5. The summed E-state index contributed by atoms with van der Waals surface area (Å²) >= 11 is 0. The van der Waals surface area contributed by atoms with Gasteiger partial charge in [-0.1, -0.05) is 0 Å².